The zero-order valence-electron chi connectivity index (χ0n) is 9.70. The molecule has 0 amide bonds. The van der Waals surface area contributed by atoms with Crippen LogP contribution < -0.4 is 10.6 Å². The van der Waals surface area contributed by atoms with E-state index in [0.29, 0.717) is 11.2 Å². The largest absolute Gasteiger partial charge is 0.383 e. The van der Waals surface area contributed by atoms with Crippen LogP contribution in [-0.4, -0.2) is 23.1 Å². The lowest BCUT2D eigenvalue weighted by Gasteiger charge is -2.37. The van der Waals surface area contributed by atoms with Crippen molar-refractivity contribution in [1.29, 1.82) is 0 Å². The first kappa shape index (κ1) is 11.6. The second-order valence-corrected chi connectivity index (χ2v) is 5.84. The van der Waals surface area contributed by atoms with Gasteiger partial charge < -0.3 is 10.6 Å². The van der Waals surface area contributed by atoms with Gasteiger partial charge in [-0.05, 0) is 34.2 Å². The predicted molar refractivity (Wildman–Crippen MR) is 69.4 cm³/mol. The Kier molecular flexibility index (Phi) is 3.06. The number of anilines is 2. The van der Waals surface area contributed by atoms with E-state index in [1.54, 1.807) is 0 Å². The van der Waals surface area contributed by atoms with E-state index in [9.17, 15) is 0 Å². The highest BCUT2D eigenvalue weighted by molar-refractivity contribution is 9.10. The van der Waals surface area contributed by atoms with Gasteiger partial charge in [0.15, 0.2) is 0 Å². The fourth-order valence-corrected chi connectivity index (χ4v) is 2.37. The van der Waals surface area contributed by atoms with Crippen LogP contribution in [0.4, 0.5) is 11.6 Å². The first-order valence-corrected chi connectivity index (χ1v) is 6.30. The summed E-state index contributed by atoms with van der Waals surface area (Å²) in [5.74, 6) is 1.43. The van der Waals surface area contributed by atoms with Gasteiger partial charge in [-0.1, -0.05) is 13.8 Å². The predicted octanol–water partition coefficient (Wildman–Crippen LogP) is 2.45. The summed E-state index contributed by atoms with van der Waals surface area (Å²) in [6.07, 6.45) is 3.89. The molecule has 0 aliphatic carbocycles. The van der Waals surface area contributed by atoms with Crippen LogP contribution >= 0.6 is 15.9 Å². The van der Waals surface area contributed by atoms with Gasteiger partial charge in [-0.25, -0.2) is 9.97 Å². The molecule has 5 heteroatoms. The molecule has 0 saturated carbocycles. The van der Waals surface area contributed by atoms with Gasteiger partial charge in [0.2, 0.25) is 0 Å². The topological polar surface area (TPSA) is 55.0 Å². The van der Waals surface area contributed by atoms with E-state index in [0.717, 1.165) is 23.4 Å². The minimum Gasteiger partial charge on any atom is -0.383 e. The molecule has 0 aromatic carbocycles. The molecule has 0 bridgehead atoms. The molecule has 1 aromatic heterocycles. The van der Waals surface area contributed by atoms with Crippen molar-refractivity contribution in [3.63, 3.8) is 0 Å². The molecule has 16 heavy (non-hydrogen) atoms. The second kappa shape index (κ2) is 4.20. The first-order valence-electron chi connectivity index (χ1n) is 5.50. The van der Waals surface area contributed by atoms with E-state index in [-0.39, 0.29) is 0 Å². The van der Waals surface area contributed by atoms with E-state index in [1.807, 2.05) is 0 Å². The first-order chi connectivity index (χ1) is 7.49. The second-order valence-electron chi connectivity index (χ2n) is 5.05. The summed E-state index contributed by atoms with van der Waals surface area (Å²) in [6, 6.07) is 0. The van der Waals surface area contributed by atoms with E-state index in [1.165, 1.54) is 19.2 Å². The van der Waals surface area contributed by atoms with Crippen LogP contribution in [0.5, 0.6) is 0 Å². The Morgan fingerprint density at radius 3 is 2.56 bits per heavy atom. The maximum Gasteiger partial charge on any atom is 0.148 e. The Hall–Kier alpha value is -0.840. The summed E-state index contributed by atoms with van der Waals surface area (Å²) in [7, 11) is 0. The summed E-state index contributed by atoms with van der Waals surface area (Å²) in [6.45, 7) is 6.69. The molecule has 1 aromatic rings. The lowest BCUT2D eigenvalue weighted by Crippen LogP contribution is -2.38. The average Bonchev–Trinajstić information content (AvgIpc) is 2.23. The van der Waals surface area contributed by atoms with Gasteiger partial charge in [-0.3, -0.25) is 0 Å². The van der Waals surface area contributed by atoms with Gasteiger partial charge >= 0.3 is 0 Å². The van der Waals surface area contributed by atoms with Crippen LogP contribution in [0.25, 0.3) is 0 Å². The standard InChI is InChI=1S/C11H17BrN4/c1-11(2)3-5-16(6-4-11)10-8(12)9(13)14-7-15-10/h7H,3-6H2,1-2H3,(H2,13,14,15). The van der Waals surface area contributed by atoms with Gasteiger partial charge in [0.05, 0.1) is 0 Å². The van der Waals surface area contributed by atoms with Gasteiger partial charge in [0.25, 0.3) is 0 Å². The molecule has 0 spiro atoms. The third kappa shape index (κ3) is 2.29. The third-order valence-corrected chi connectivity index (χ3v) is 3.98. The van der Waals surface area contributed by atoms with Crippen LogP contribution in [-0.2, 0) is 0 Å². The number of piperidine rings is 1. The van der Waals surface area contributed by atoms with E-state index < -0.39 is 0 Å². The van der Waals surface area contributed by atoms with E-state index in [2.05, 4.69) is 44.6 Å². The molecule has 1 saturated heterocycles. The number of nitrogens with zero attached hydrogens (tertiary/aromatic N) is 3. The molecule has 2 heterocycles. The van der Waals surface area contributed by atoms with Gasteiger partial charge in [-0.15, -0.1) is 0 Å². The van der Waals surface area contributed by atoms with Crippen LogP contribution in [0.1, 0.15) is 26.7 Å². The van der Waals surface area contributed by atoms with Crippen molar-refractivity contribution in [1.82, 2.24) is 9.97 Å². The van der Waals surface area contributed by atoms with E-state index in [4.69, 9.17) is 5.73 Å². The van der Waals surface area contributed by atoms with E-state index >= 15 is 0 Å². The van der Waals surface area contributed by atoms with Crippen molar-refractivity contribution in [2.75, 3.05) is 23.7 Å². The normalized spacial score (nSPS) is 19.8. The fourth-order valence-electron chi connectivity index (χ4n) is 1.92. The molecule has 88 valence electrons. The minimum atomic E-state index is 0.446. The number of halogens is 1. The Morgan fingerprint density at radius 2 is 1.94 bits per heavy atom. The summed E-state index contributed by atoms with van der Waals surface area (Å²) in [5, 5.41) is 0. The SMILES string of the molecule is CC1(C)CCN(c2ncnc(N)c2Br)CC1. The molecule has 1 aliphatic heterocycles. The summed E-state index contributed by atoms with van der Waals surface area (Å²) < 4.78 is 0.815. The number of hydrogen-bond donors (Lipinski definition) is 1. The molecule has 4 nitrogen and oxygen atoms in total. The molecule has 0 atom stereocenters. The van der Waals surface area contributed by atoms with Crippen molar-refractivity contribution in [3.05, 3.63) is 10.8 Å². The Morgan fingerprint density at radius 1 is 1.31 bits per heavy atom. The zero-order chi connectivity index (χ0) is 11.8. The Labute approximate surface area is 104 Å². The minimum absolute atomic E-state index is 0.446. The highest BCUT2D eigenvalue weighted by Crippen LogP contribution is 2.34. The molecular formula is C11H17BrN4. The third-order valence-electron chi connectivity index (χ3n) is 3.21. The zero-order valence-corrected chi connectivity index (χ0v) is 11.3. The van der Waals surface area contributed by atoms with Crippen molar-refractivity contribution in [2.24, 2.45) is 5.41 Å². The number of rotatable bonds is 1. The average molecular weight is 285 g/mol. The molecule has 1 aliphatic rings. The quantitative estimate of drug-likeness (QED) is 0.861. The molecule has 2 N–H and O–H groups in total. The molecule has 1 fully saturated rings. The van der Waals surface area contributed by atoms with Gasteiger partial charge in [0.1, 0.15) is 22.4 Å². The lowest BCUT2D eigenvalue weighted by molar-refractivity contribution is 0.279. The number of aromatic nitrogens is 2. The number of hydrogen-bond acceptors (Lipinski definition) is 4. The van der Waals surface area contributed by atoms with Gasteiger partial charge in [0, 0.05) is 13.1 Å². The van der Waals surface area contributed by atoms with Crippen molar-refractivity contribution >= 4 is 27.6 Å². The highest BCUT2D eigenvalue weighted by Gasteiger charge is 2.27. The fraction of sp³-hybridized carbons (Fsp3) is 0.636. The molecular weight excluding hydrogens is 268 g/mol. The summed E-state index contributed by atoms with van der Waals surface area (Å²) in [4.78, 5) is 10.5. The molecule has 2 rings (SSSR count). The van der Waals surface area contributed by atoms with Crippen molar-refractivity contribution in [3.8, 4) is 0 Å². The number of nitrogen functional groups attached to an aromatic ring is 1. The van der Waals surface area contributed by atoms with Crippen molar-refractivity contribution in [2.45, 2.75) is 26.7 Å². The smallest absolute Gasteiger partial charge is 0.148 e. The molecule has 0 radical (unpaired) electrons. The summed E-state index contributed by atoms with van der Waals surface area (Å²) >= 11 is 3.45. The maximum atomic E-state index is 5.76. The van der Waals surface area contributed by atoms with Crippen molar-refractivity contribution < 1.29 is 0 Å². The summed E-state index contributed by atoms with van der Waals surface area (Å²) in [5.41, 5.74) is 6.20. The Bertz CT molecular complexity index is 382. The maximum absolute atomic E-state index is 5.76. The number of nitrogens with two attached hydrogens (primary N) is 1. The van der Waals surface area contributed by atoms with Crippen LogP contribution in [0.3, 0.4) is 0 Å². The highest BCUT2D eigenvalue weighted by atomic mass is 79.9. The van der Waals surface area contributed by atoms with Gasteiger partial charge in [-0.2, -0.15) is 0 Å². The molecule has 0 unspecified atom stereocenters. The van der Waals surface area contributed by atoms with Crippen LogP contribution in [0.15, 0.2) is 10.8 Å². The Balaban J connectivity index is 2.17. The monoisotopic (exact) mass is 284 g/mol. The van der Waals surface area contributed by atoms with Crippen LogP contribution in [0.2, 0.25) is 0 Å². The van der Waals surface area contributed by atoms with Crippen LogP contribution in [0, 0.1) is 5.41 Å². The lowest BCUT2D eigenvalue weighted by atomic mass is 9.83.